The highest BCUT2D eigenvalue weighted by Gasteiger charge is 1.99. The van der Waals surface area contributed by atoms with Gasteiger partial charge in [0.2, 0.25) is 0 Å². The quantitative estimate of drug-likeness (QED) is 0.687. The van der Waals surface area contributed by atoms with E-state index in [1.165, 1.54) is 21.2 Å². The maximum absolute atomic E-state index is 5.26. The molecule has 1 N–H and O–H groups in total. The van der Waals surface area contributed by atoms with Crippen LogP contribution in [0.25, 0.3) is 10.8 Å². The lowest BCUT2D eigenvalue weighted by atomic mass is 10.1. The van der Waals surface area contributed by atoms with Crippen molar-refractivity contribution in [2.24, 2.45) is 0 Å². The van der Waals surface area contributed by atoms with Crippen molar-refractivity contribution in [1.29, 1.82) is 0 Å². The molecule has 0 aliphatic rings. The van der Waals surface area contributed by atoms with Crippen molar-refractivity contribution in [1.82, 2.24) is 5.32 Å². The zero-order valence-electron chi connectivity index (χ0n) is 12.1. The van der Waals surface area contributed by atoms with E-state index in [4.69, 9.17) is 4.74 Å². The molecule has 0 radical (unpaired) electrons. The molecule has 21 heavy (non-hydrogen) atoms. The Morgan fingerprint density at radius 3 is 2.71 bits per heavy atom. The van der Waals surface area contributed by atoms with Gasteiger partial charge in [-0.1, -0.05) is 24.3 Å². The Morgan fingerprint density at radius 2 is 1.90 bits per heavy atom. The van der Waals surface area contributed by atoms with Crippen molar-refractivity contribution in [3.05, 3.63) is 64.4 Å². The molecule has 3 heteroatoms. The van der Waals surface area contributed by atoms with Crippen molar-refractivity contribution in [2.75, 3.05) is 13.7 Å². The fourth-order valence-corrected chi connectivity index (χ4v) is 3.12. The molecule has 0 fully saturated rings. The van der Waals surface area contributed by atoms with Crippen LogP contribution in [0.3, 0.4) is 0 Å². The summed E-state index contributed by atoms with van der Waals surface area (Å²) in [6, 6.07) is 17.1. The van der Waals surface area contributed by atoms with Crippen molar-refractivity contribution in [3.63, 3.8) is 0 Å². The van der Waals surface area contributed by atoms with Crippen LogP contribution in [0.2, 0.25) is 0 Å². The molecular formula is C18H19NOS. The minimum Gasteiger partial charge on any atom is -0.497 e. The number of thiophene rings is 1. The molecular weight excluding hydrogens is 278 g/mol. The molecule has 3 rings (SSSR count). The van der Waals surface area contributed by atoms with Gasteiger partial charge in [0.05, 0.1) is 7.11 Å². The van der Waals surface area contributed by atoms with Crippen LogP contribution in [0.4, 0.5) is 0 Å². The molecule has 2 aromatic carbocycles. The Balaban J connectivity index is 1.59. The number of ether oxygens (including phenoxy) is 1. The van der Waals surface area contributed by atoms with Crippen LogP contribution in [-0.2, 0) is 13.0 Å². The maximum atomic E-state index is 5.26. The summed E-state index contributed by atoms with van der Waals surface area (Å²) in [5, 5.41) is 8.12. The van der Waals surface area contributed by atoms with E-state index in [0.29, 0.717) is 0 Å². The lowest BCUT2D eigenvalue weighted by Gasteiger charge is -2.07. The lowest BCUT2D eigenvalue weighted by molar-refractivity contribution is 0.415. The Morgan fingerprint density at radius 1 is 1.05 bits per heavy atom. The van der Waals surface area contributed by atoms with Gasteiger partial charge < -0.3 is 10.1 Å². The molecule has 3 aromatic rings. The van der Waals surface area contributed by atoms with Crippen LogP contribution < -0.4 is 10.1 Å². The average Bonchev–Trinajstić information content (AvgIpc) is 3.04. The summed E-state index contributed by atoms with van der Waals surface area (Å²) in [6.45, 7) is 1.93. The van der Waals surface area contributed by atoms with Gasteiger partial charge in [0.1, 0.15) is 5.75 Å². The van der Waals surface area contributed by atoms with E-state index < -0.39 is 0 Å². The predicted molar refractivity (Wildman–Crippen MR) is 90.2 cm³/mol. The molecule has 1 aromatic heterocycles. The number of rotatable bonds is 6. The van der Waals surface area contributed by atoms with Gasteiger partial charge in [-0.15, -0.1) is 11.3 Å². The largest absolute Gasteiger partial charge is 0.497 e. The van der Waals surface area contributed by atoms with Gasteiger partial charge in [-0.2, -0.15) is 0 Å². The van der Waals surface area contributed by atoms with Gasteiger partial charge in [-0.25, -0.2) is 0 Å². The first-order chi connectivity index (χ1) is 10.3. The highest BCUT2D eigenvalue weighted by atomic mass is 32.1. The molecule has 0 bridgehead atoms. The van der Waals surface area contributed by atoms with E-state index in [9.17, 15) is 0 Å². The van der Waals surface area contributed by atoms with E-state index in [2.05, 4.69) is 53.2 Å². The summed E-state index contributed by atoms with van der Waals surface area (Å²) in [6.07, 6.45) is 1.10. The Bertz CT molecular complexity index is 706. The second-order valence-electron chi connectivity index (χ2n) is 5.05. The number of benzene rings is 2. The minimum atomic E-state index is 0.907. The van der Waals surface area contributed by atoms with Crippen LogP contribution in [0.15, 0.2) is 53.9 Å². The smallest absolute Gasteiger partial charge is 0.119 e. The Labute approximate surface area is 129 Å². The van der Waals surface area contributed by atoms with Gasteiger partial charge in [0.15, 0.2) is 0 Å². The van der Waals surface area contributed by atoms with Crippen LogP contribution in [-0.4, -0.2) is 13.7 Å². The van der Waals surface area contributed by atoms with E-state index in [0.717, 1.165) is 25.3 Å². The van der Waals surface area contributed by atoms with E-state index in [1.807, 2.05) is 17.4 Å². The molecule has 108 valence electrons. The fraction of sp³-hybridized carbons (Fsp3) is 0.222. The standard InChI is InChI=1S/C18H19NOS/c1-20-17-7-6-15-11-14(4-5-16(15)12-17)13-19-9-8-18-3-2-10-21-18/h2-7,10-12,19H,8-9,13H2,1H3. The molecule has 1 heterocycles. The predicted octanol–water partition coefficient (Wildman–Crippen LogP) is 4.24. The molecule has 0 saturated heterocycles. The summed E-state index contributed by atoms with van der Waals surface area (Å²) in [5.41, 5.74) is 1.32. The minimum absolute atomic E-state index is 0.907. The maximum Gasteiger partial charge on any atom is 0.119 e. The number of methoxy groups -OCH3 is 1. The monoisotopic (exact) mass is 297 g/mol. The van der Waals surface area contributed by atoms with E-state index in [-0.39, 0.29) is 0 Å². The van der Waals surface area contributed by atoms with Crippen LogP contribution in [0, 0.1) is 0 Å². The SMILES string of the molecule is COc1ccc2cc(CNCCc3cccs3)ccc2c1. The van der Waals surface area contributed by atoms with Crippen molar-refractivity contribution in [2.45, 2.75) is 13.0 Å². The first kappa shape index (κ1) is 14.1. The third-order valence-corrected chi connectivity index (χ3v) is 4.51. The molecule has 0 aliphatic carbocycles. The highest BCUT2D eigenvalue weighted by Crippen LogP contribution is 2.21. The number of hydrogen-bond donors (Lipinski definition) is 1. The average molecular weight is 297 g/mol. The molecule has 0 saturated carbocycles. The molecule has 0 unspecified atom stereocenters. The molecule has 0 atom stereocenters. The molecule has 2 nitrogen and oxygen atoms in total. The van der Waals surface area contributed by atoms with Crippen LogP contribution >= 0.6 is 11.3 Å². The first-order valence-electron chi connectivity index (χ1n) is 7.15. The third-order valence-electron chi connectivity index (χ3n) is 3.57. The van der Waals surface area contributed by atoms with Gasteiger partial charge >= 0.3 is 0 Å². The number of hydrogen-bond acceptors (Lipinski definition) is 3. The summed E-state index contributed by atoms with van der Waals surface area (Å²) in [5.74, 6) is 0.907. The summed E-state index contributed by atoms with van der Waals surface area (Å²) >= 11 is 1.82. The second-order valence-corrected chi connectivity index (χ2v) is 6.09. The van der Waals surface area contributed by atoms with Crippen molar-refractivity contribution >= 4 is 22.1 Å². The summed E-state index contributed by atoms with van der Waals surface area (Å²) < 4.78 is 5.26. The highest BCUT2D eigenvalue weighted by molar-refractivity contribution is 7.09. The zero-order valence-corrected chi connectivity index (χ0v) is 13.0. The van der Waals surface area contributed by atoms with Gasteiger partial charge in [0.25, 0.3) is 0 Å². The fourth-order valence-electron chi connectivity index (χ4n) is 2.41. The van der Waals surface area contributed by atoms with Crippen molar-refractivity contribution in [3.8, 4) is 5.75 Å². The zero-order chi connectivity index (χ0) is 14.5. The normalized spacial score (nSPS) is 10.9. The Hall–Kier alpha value is -1.84. The first-order valence-corrected chi connectivity index (χ1v) is 8.03. The Kier molecular flexibility index (Phi) is 4.53. The summed E-state index contributed by atoms with van der Waals surface area (Å²) in [4.78, 5) is 1.44. The van der Waals surface area contributed by atoms with Crippen molar-refractivity contribution < 1.29 is 4.74 Å². The lowest BCUT2D eigenvalue weighted by Crippen LogP contribution is -2.16. The summed E-state index contributed by atoms with van der Waals surface area (Å²) in [7, 11) is 1.70. The van der Waals surface area contributed by atoms with Gasteiger partial charge in [-0.05, 0) is 52.4 Å². The van der Waals surface area contributed by atoms with Gasteiger partial charge in [-0.3, -0.25) is 0 Å². The molecule has 0 aliphatic heterocycles. The topological polar surface area (TPSA) is 21.3 Å². The second kappa shape index (κ2) is 6.74. The van der Waals surface area contributed by atoms with Crippen LogP contribution in [0.5, 0.6) is 5.75 Å². The van der Waals surface area contributed by atoms with E-state index in [1.54, 1.807) is 7.11 Å². The number of fused-ring (bicyclic) bond motifs is 1. The van der Waals surface area contributed by atoms with Crippen LogP contribution in [0.1, 0.15) is 10.4 Å². The van der Waals surface area contributed by atoms with Gasteiger partial charge in [0, 0.05) is 18.0 Å². The molecule has 0 amide bonds. The van der Waals surface area contributed by atoms with E-state index >= 15 is 0 Å². The number of nitrogens with one attached hydrogen (secondary N) is 1. The molecule has 0 spiro atoms. The third kappa shape index (κ3) is 3.63.